The summed E-state index contributed by atoms with van der Waals surface area (Å²) >= 11 is 3.51. The van der Waals surface area contributed by atoms with Crippen LogP contribution in [0.1, 0.15) is 26.3 Å². The van der Waals surface area contributed by atoms with Crippen molar-refractivity contribution in [2.24, 2.45) is 0 Å². The summed E-state index contributed by atoms with van der Waals surface area (Å²) in [5.41, 5.74) is 3.78. The van der Waals surface area contributed by atoms with Crippen molar-refractivity contribution in [3.8, 4) is 11.5 Å². The second-order valence-electron chi connectivity index (χ2n) is 6.39. The maximum Gasteiger partial charge on any atom is 0.258 e. The largest absolute Gasteiger partial charge is 0.493 e. The van der Waals surface area contributed by atoms with Crippen LogP contribution in [0.4, 0.5) is 0 Å². The molecule has 1 aromatic heterocycles. The first-order valence-electron chi connectivity index (χ1n) is 7.67. The Balaban J connectivity index is 2.04. The molecule has 0 saturated heterocycles. The van der Waals surface area contributed by atoms with Crippen LogP contribution in [0.3, 0.4) is 0 Å². The van der Waals surface area contributed by atoms with Gasteiger partial charge in [-0.05, 0) is 38.5 Å². The Labute approximate surface area is 155 Å². The quantitative estimate of drug-likeness (QED) is 0.724. The number of ether oxygens (including phenoxy) is 2. The molecule has 0 atom stereocenters. The van der Waals surface area contributed by atoms with Gasteiger partial charge in [-0.25, -0.2) is 4.68 Å². The van der Waals surface area contributed by atoms with Gasteiger partial charge in [-0.1, -0.05) is 15.9 Å². The predicted octanol–water partition coefficient (Wildman–Crippen LogP) is 2.09. The molecule has 0 aliphatic carbocycles. The van der Waals surface area contributed by atoms with Gasteiger partial charge in [0.1, 0.15) is 12.7 Å². The highest BCUT2D eigenvalue weighted by molar-refractivity contribution is 9.10. The summed E-state index contributed by atoms with van der Waals surface area (Å²) < 4.78 is 13.5. The van der Waals surface area contributed by atoms with Gasteiger partial charge in [0.25, 0.3) is 5.91 Å². The number of aromatic nitrogens is 3. The lowest BCUT2D eigenvalue weighted by atomic mass is 10.1. The van der Waals surface area contributed by atoms with Gasteiger partial charge in [-0.2, -0.15) is 0 Å². The van der Waals surface area contributed by atoms with Crippen LogP contribution in [0, 0.1) is 0 Å². The van der Waals surface area contributed by atoms with Crippen molar-refractivity contribution in [1.82, 2.24) is 20.2 Å². The first-order valence-corrected chi connectivity index (χ1v) is 8.46. The molecular weight excluding hydrogens is 390 g/mol. The molecule has 2 rings (SSSR count). The summed E-state index contributed by atoms with van der Waals surface area (Å²) in [6, 6.07) is 3.63. The third-order valence-corrected chi connectivity index (χ3v) is 3.81. The summed E-state index contributed by atoms with van der Waals surface area (Å²) in [6.45, 7) is 6.19. The first kappa shape index (κ1) is 19.0. The Morgan fingerprint density at radius 1 is 1.24 bits per heavy atom. The third-order valence-electron chi connectivity index (χ3n) is 3.08. The Hall–Kier alpha value is -2.29. The summed E-state index contributed by atoms with van der Waals surface area (Å²) in [5, 5.41) is 10.3. The van der Waals surface area contributed by atoms with Crippen LogP contribution in [0.15, 0.2) is 29.3 Å². The smallest absolute Gasteiger partial charge is 0.258 e. The summed E-state index contributed by atoms with van der Waals surface area (Å²) in [4.78, 5) is 11.9. The van der Waals surface area contributed by atoms with Gasteiger partial charge in [0.05, 0.1) is 13.7 Å². The Kier molecular flexibility index (Phi) is 6.24. The third kappa shape index (κ3) is 5.93. The van der Waals surface area contributed by atoms with Crippen LogP contribution in [0.2, 0.25) is 0 Å². The topological polar surface area (TPSA) is 90.3 Å². The molecule has 136 valence electrons. The monoisotopic (exact) mass is 411 g/mol. The van der Waals surface area contributed by atoms with Gasteiger partial charge in [0.2, 0.25) is 0 Å². The first-order chi connectivity index (χ1) is 11.8. The SMILES string of the molecule is COc1cc(CNn2cnnc2)c(Br)cc1OCC(=O)NC(C)(C)C. The molecule has 9 heteroatoms. The fourth-order valence-corrected chi connectivity index (χ4v) is 2.50. The molecule has 0 fully saturated rings. The van der Waals surface area contributed by atoms with Gasteiger partial charge < -0.3 is 20.2 Å². The number of carbonyl (C=O) groups excluding carboxylic acids is 1. The number of hydrogen-bond acceptors (Lipinski definition) is 6. The Bertz CT molecular complexity index is 713. The van der Waals surface area contributed by atoms with E-state index in [0.29, 0.717) is 18.0 Å². The molecule has 0 radical (unpaired) electrons. The Morgan fingerprint density at radius 3 is 2.52 bits per heavy atom. The number of rotatable bonds is 7. The standard InChI is InChI=1S/C16H22BrN5O3/c1-16(2,3)21-15(23)8-25-14-6-12(17)11(5-13(14)24-4)7-20-22-9-18-19-10-22/h5-6,9-10,20H,7-8H2,1-4H3,(H,21,23). The van der Waals surface area contributed by atoms with E-state index in [-0.39, 0.29) is 18.1 Å². The lowest BCUT2D eigenvalue weighted by Crippen LogP contribution is -2.43. The second kappa shape index (κ2) is 8.19. The summed E-state index contributed by atoms with van der Waals surface area (Å²) in [5.74, 6) is 0.850. The van der Waals surface area contributed by atoms with E-state index < -0.39 is 0 Å². The molecule has 2 N–H and O–H groups in total. The lowest BCUT2D eigenvalue weighted by Gasteiger charge is -2.21. The van der Waals surface area contributed by atoms with Gasteiger partial charge >= 0.3 is 0 Å². The van der Waals surface area contributed by atoms with Crippen LogP contribution in [-0.2, 0) is 11.3 Å². The van der Waals surface area contributed by atoms with E-state index in [1.54, 1.807) is 30.5 Å². The van der Waals surface area contributed by atoms with Crippen LogP contribution in [0.25, 0.3) is 0 Å². The Morgan fingerprint density at radius 2 is 1.92 bits per heavy atom. The lowest BCUT2D eigenvalue weighted by molar-refractivity contribution is -0.124. The van der Waals surface area contributed by atoms with Gasteiger partial charge in [0, 0.05) is 10.0 Å². The van der Waals surface area contributed by atoms with E-state index >= 15 is 0 Å². The van der Waals surface area contributed by atoms with Crippen molar-refractivity contribution in [3.05, 3.63) is 34.8 Å². The summed E-state index contributed by atoms with van der Waals surface area (Å²) in [7, 11) is 1.56. The molecule has 1 heterocycles. The number of halogens is 1. The number of nitrogens with one attached hydrogen (secondary N) is 2. The molecule has 8 nitrogen and oxygen atoms in total. The maximum absolute atomic E-state index is 11.9. The molecule has 25 heavy (non-hydrogen) atoms. The zero-order valence-electron chi connectivity index (χ0n) is 14.7. The second-order valence-corrected chi connectivity index (χ2v) is 7.24. The highest BCUT2D eigenvalue weighted by Crippen LogP contribution is 2.33. The molecule has 1 aromatic carbocycles. The normalized spacial score (nSPS) is 11.1. The van der Waals surface area contributed by atoms with Gasteiger partial charge in [-0.15, -0.1) is 10.2 Å². The van der Waals surface area contributed by atoms with E-state index in [2.05, 4.69) is 36.9 Å². The minimum atomic E-state index is -0.303. The number of nitrogens with zero attached hydrogens (tertiary/aromatic N) is 3. The molecule has 0 unspecified atom stereocenters. The van der Waals surface area contributed by atoms with Crippen molar-refractivity contribution in [3.63, 3.8) is 0 Å². The highest BCUT2D eigenvalue weighted by atomic mass is 79.9. The molecule has 2 aromatic rings. The van der Waals surface area contributed by atoms with Crippen LogP contribution < -0.4 is 20.2 Å². The number of methoxy groups -OCH3 is 1. The van der Waals surface area contributed by atoms with Crippen molar-refractivity contribution in [2.75, 3.05) is 19.1 Å². The number of carbonyl (C=O) groups is 1. The fraction of sp³-hybridized carbons (Fsp3) is 0.438. The van der Waals surface area contributed by atoms with E-state index in [9.17, 15) is 4.79 Å². The van der Waals surface area contributed by atoms with Gasteiger partial charge in [-0.3, -0.25) is 4.79 Å². The van der Waals surface area contributed by atoms with E-state index in [4.69, 9.17) is 9.47 Å². The number of amides is 1. The predicted molar refractivity (Wildman–Crippen MR) is 97.2 cm³/mol. The number of benzene rings is 1. The average molecular weight is 412 g/mol. The van der Waals surface area contributed by atoms with Crippen LogP contribution >= 0.6 is 15.9 Å². The zero-order chi connectivity index (χ0) is 18.4. The van der Waals surface area contributed by atoms with E-state index in [1.165, 1.54) is 0 Å². The minimum Gasteiger partial charge on any atom is -0.493 e. The molecule has 0 aliphatic heterocycles. The van der Waals surface area contributed by atoms with Crippen molar-refractivity contribution in [2.45, 2.75) is 32.9 Å². The van der Waals surface area contributed by atoms with Crippen molar-refractivity contribution in [1.29, 1.82) is 0 Å². The summed E-state index contributed by atoms with van der Waals surface area (Å²) in [6.07, 6.45) is 3.13. The highest BCUT2D eigenvalue weighted by Gasteiger charge is 2.16. The van der Waals surface area contributed by atoms with Crippen molar-refractivity contribution >= 4 is 21.8 Å². The molecule has 0 bridgehead atoms. The molecule has 1 amide bonds. The number of hydrogen-bond donors (Lipinski definition) is 2. The minimum absolute atomic E-state index is 0.0849. The molecule has 0 aliphatic rings. The van der Waals surface area contributed by atoms with Crippen LogP contribution in [-0.4, -0.2) is 40.0 Å². The average Bonchev–Trinajstić information content (AvgIpc) is 3.03. The van der Waals surface area contributed by atoms with E-state index in [1.807, 2.05) is 26.8 Å². The van der Waals surface area contributed by atoms with Gasteiger partial charge in [0.15, 0.2) is 18.1 Å². The van der Waals surface area contributed by atoms with E-state index in [0.717, 1.165) is 10.0 Å². The van der Waals surface area contributed by atoms with Crippen LogP contribution in [0.5, 0.6) is 11.5 Å². The fourth-order valence-electron chi connectivity index (χ4n) is 2.04. The maximum atomic E-state index is 11.9. The molecule has 0 saturated carbocycles. The molecule has 0 spiro atoms. The zero-order valence-corrected chi connectivity index (χ0v) is 16.3. The molecular formula is C16H22BrN5O3. The van der Waals surface area contributed by atoms with Crippen molar-refractivity contribution < 1.29 is 14.3 Å².